The van der Waals surface area contributed by atoms with E-state index in [2.05, 4.69) is 15.9 Å². The maximum absolute atomic E-state index is 9.44. The third kappa shape index (κ3) is 1.06. The molecule has 0 amide bonds. The van der Waals surface area contributed by atoms with E-state index < -0.39 is 0 Å². The van der Waals surface area contributed by atoms with Crippen molar-refractivity contribution in [2.75, 3.05) is 0 Å². The first kappa shape index (κ1) is 8.14. The third-order valence-corrected chi connectivity index (χ3v) is 3.23. The van der Waals surface area contributed by atoms with Crippen LogP contribution in [-0.4, -0.2) is 5.11 Å². The zero-order valence-corrected chi connectivity index (χ0v) is 8.48. The van der Waals surface area contributed by atoms with Crippen LogP contribution in [0.3, 0.4) is 0 Å². The topological polar surface area (TPSA) is 20.2 Å². The van der Waals surface area contributed by atoms with E-state index in [1.165, 1.54) is 0 Å². The summed E-state index contributed by atoms with van der Waals surface area (Å²) in [5.41, 5.74) is 1.85. The summed E-state index contributed by atoms with van der Waals surface area (Å²) in [4.78, 5) is 0. The van der Waals surface area contributed by atoms with E-state index in [9.17, 15) is 5.11 Å². The maximum Gasteiger partial charge on any atom is 0.120 e. The number of aliphatic hydroxyl groups is 1. The van der Waals surface area contributed by atoms with E-state index in [0.717, 1.165) is 22.0 Å². The molecule has 0 aromatic heterocycles. The highest BCUT2D eigenvalue weighted by Gasteiger charge is 2.17. The number of hydrogen-bond acceptors (Lipinski definition) is 1. The van der Waals surface area contributed by atoms with E-state index >= 15 is 0 Å². The minimum Gasteiger partial charge on any atom is -0.508 e. The molecule has 0 radical (unpaired) electrons. The van der Waals surface area contributed by atoms with E-state index in [0.29, 0.717) is 5.02 Å². The van der Waals surface area contributed by atoms with Gasteiger partial charge in [0.25, 0.3) is 0 Å². The van der Waals surface area contributed by atoms with Crippen LogP contribution in [0.15, 0.2) is 22.7 Å². The SMILES string of the molecule is OC1=CCc2ccc(Br)c(Cl)c21. The van der Waals surface area contributed by atoms with Gasteiger partial charge in [-0.2, -0.15) is 0 Å². The smallest absolute Gasteiger partial charge is 0.120 e. The van der Waals surface area contributed by atoms with Crippen molar-refractivity contribution in [1.29, 1.82) is 0 Å². The van der Waals surface area contributed by atoms with Crippen LogP contribution in [0.4, 0.5) is 0 Å². The van der Waals surface area contributed by atoms with Gasteiger partial charge in [0.2, 0.25) is 0 Å². The molecule has 2 rings (SSSR count). The molecule has 62 valence electrons. The second-order valence-electron chi connectivity index (χ2n) is 2.69. The molecule has 1 N–H and O–H groups in total. The predicted octanol–water partition coefficient (Wildman–Crippen LogP) is 3.56. The molecule has 0 spiro atoms. The second-order valence-corrected chi connectivity index (χ2v) is 3.92. The molecule has 12 heavy (non-hydrogen) atoms. The Hall–Kier alpha value is -0.470. The highest BCUT2D eigenvalue weighted by Crippen LogP contribution is 2.36. The van der Waals surface area contributed by atoms with Gasteiger partial charge in [-0.15, -0.1) is 0 Å². The lowest BCUT2D eigenvalue weighted by Crippen LogP contribution is -1.86. The van der Waals surface area contributed by atoms with Crippen LogP contribution in [-0.2, 0) is 6.42 Å². The predicted molar refractivity (Wildman–Crippen MR) is 53.5 cm³/mol. The Labute approximate surface area is 83.8 Å². The van der Waals surface area contributed by atoms with Crippen molar-refractivity contribution in [3.63, 3.8) is 0 Å². The van der Waals surface area contributed by atoms with Crippen LogP contribution < -0.4 is 0 Å². The van der Waals surface area contributed by atoms with E-state index in [-0.39, 0.29) is 5.76 Å². The highest BCUT2D eigenvalue weighted by atomic mass is 79.9. The largest absolute Gasteiger partial charge is 0.508 e. The summed E-state index contributed by atoms with van der Waals surface area (Å²) in [6.07, 6.45) is 2.54. The van der Waals surface area contributed by atoms with Crippen molar-refractivity contribution in [3.8, 4) is 0 Å². The Kier molecular flexibility index (Phi) is 1.89. The summed E-state index contributed by atoms with van der Waals surface area (Å²) < 4.78 is 0.824. The summed E-state index contributed by atoms with van der Waals surface area (Å²) in [7, 11) is 0. The zero-order chi connectivity index (χ0) is 8.72. The first-order chi connectivity index (χ1) is 5.70. The number of aliphatic hydroxyl groups excluding tert-OH is 1. The fourth-order valence-electron chi connectivity index (χ4n) is 1.35. The summed E-state index contributed by atoms with van der Waals surface area (Å²) in [5.74, 6) is 0.288. The van der Waals surface area contributed by atoms with Gasteiger partial charge in [0.1, 0.15) is 5.76 Å². The zero-order valence-electron chi connectivity index (χ0n) is 6.14. The number of hydrogen-bond donors (Lipinski definition) is 1. The Morgan fingerprint density at radius 1 is 1.42 bits per heavy atom. The van der Waals surface area contributed by atoms with Crippen LogP contribution in [0.5, 0.6) is 0 Å². The van der Waals surface area contributed by atoms with Crippen molar-refractivity contribution in [1.82, 2.24) is 0 Å². The van der Waals surface area contributed by atoms with Gasteiger partial charge in [0.05, 0.1) is 5.02 Å². The monoisotopic (exact) mass is 244 g/mol. The molecule has 1 aliphatic carbocycles. The average molecular weight is 246 g/mol. The van der Waals surface area contributed by atoms with Gasteiger partial charge in [-0.1, -0.05) is 17.7 Å². The van der Waals surface area contributed by atoms with Crippen LogP contribution in [0.2, 0.25) is 5.02 Å². The number of halogens is 2. The van der Waals surface area contributed by atoms with Gasteiger partial charge in [-0.25, -0.2) is 0 Å². The summed E-state index contributed by atoms with van der Waals surface area (Å²) >= 11 is 9.29. The van der Waals surface area contributed by atoms with Gasteiger partial charge >= 0.3 is 0 Å². The molecule has 0 fully saturated rings. The lowest BCUT2D eigenvalue weighted by Gasteiger charge is -2.04. The number of allylic oxidation sites excluding steroid dienone is 1. The molecule has 0 saturated carbocycles. The van der Waals surface area contributed by atoms with Gasteiger partial charge in [-0.05, 0) is 40.1 Å². The Morgan fingerprint density at radius 2 is 2.17 bits per heavy atom. The molecule has 0 aliphatic heterocycles. The van der Waals surface area contributed by atoms with Crippen LogP contribution >= 0.6 is 27.5 Å². The fraction of sp³-hybridized carbons (Fsp3) is 0.111. The Morgan fingerprint density at radius 3 is 2.92 bits per heavy atom. The fourth-order valence-corrected chi connectivity index (χ4v) is 1.96. The summed E-state index contributed by atoms with van der Waals surface area (Å²) in [5, 5.41) is 10.0. The van der Waals surface area contributed by atoms with E-state index in [4.69, 9.17) is 11.6 Å². The minimum atomic E-state index is 0.288. The van der Waals surface area contributed by atoms with Crippen molar-refractivity contribution in [3.05, 3.63) is 38.8 Å². The van der Waals surface area contributed by atoms with Crippen LogP contribution in [0, 0.1) is 0 Å². The molecule has 0 bridgehead atoms. The highest BCUT2D eigenvalue weighted by molar-refractivity contribution is 9.10. The molecular formula is C9H6BrClO. The Bertz CT molecular complexity index is 371. The number of benzene rings is 1. The van der Waals surface area contributed by atoms with Crippen molar-refractivity contribution in [2.45, 2.75) is 6.42 Å². The molecule has 0 unspecified atom stereocenters. The number of rotatable bonds is 0. The lowest BCUT2D eigenvalue weighted by atomic mass is 10.1. The summed E-state index contributed by atoms with van der Waals surface area (Å²) in [6, 6.07) is 3.86. The van der Waals surface area contributed by atoms with Crippen LogP contribution in [0.25, 0.3) is 5.76 Å². The molecule has 3 heteroatoms. The number of fused-ring (bicyclic) bond motifs is 1. The molecule has 0 atom stereocenters. The van der Waals surface area contributed by atoms with Crippen molar-refractivity contribution < 1.29 is 5.11 Å². The molecule has 1 aliphatic rings. The van der Waals surface area contributed by atoms with Gasteiger partial charge in [0, 0.05) is 10.0 Å². The van der Waals surface area contributed by atoms with E-state index in [1.807, 2.05) is 12.1 Å². The van der Waals surface area contributed by atoms with Crippen molar-refractivity contribution >= 4 is 33.3 Å². The first-order valence-corrected chi connectivity index (χ1v) is 4.73. The normalized spacial score (nSPS) is 14.3. The molecule has 1 aromatic rings. The van der Waals surface area contributed by atoms with Gasteiger partial charge < -0.3 is 5.11 Å². The van der Waals surface area contributed by atoms with Crippen molar-refractivity contribution in [2.24, 2.45) is 0 Å². The molecule has 0 saturated heterocycles. The quantitative estimate of drug-likeness (QED) is 0.741. The molecule has 1 nitrogen and oxygen atoms in total. The first-order valence-electron chi connectivity index (χ1n) is 3.56. The molecule has 1 aromatic carbocycles. The standard InChI is InChI=1S/C9H6BrClO/c10-6-3-1-5-2-4-7(12)8(5)9(6)11/h1,3-4,12H,2H2. The van der Waals surface area contributed by atoms with Gasteiger partial charge in [-0.3, -0.25) is 0 Å². The maximum atomic E-state index is 9.44. The molecular weight excluding hydrogens is 239 g/mol. The minimum absolute atomic E-state index is 0.288. The second kappa shape index (κ2) is 2.79. The van der Waals surface area contributed by atoms with Crippen LogP contribution in [0.1, 0.15) is 11.1 Å². The van der Waals surface area contributed by atoms with Gasteiger partial charge in [0.15, 0.2) is 0 Å². The Balaban J connectivity index is 2.70. The summed E-state index contributed by atoms with van der Waals surface area (Å²) in [6.45, 7) is 0. The lowest BCUT2D eigenvalue weighted by molar-refractivity contribution is 0.513. The third-order valence-electron chi connectivity index (χ3n) is 1.95. The molecule has 0 heterocycles. The average Bonchev–Trinajstić information content (AvgIpc) is 2.41. The van der Waals surface area contributed by atoms with E-state index in [1.54, 1.807) is 6.08 Å².